The van der Waals surface area contributed by atoms with Gasteiger partial charge in [0.1, 0.15) is 5.75 Å². The predicted octanol–water partition coefficient (Wildman–Crippen LogP) is 1.54. The topological polar surface area (TPSA) is 58.3 Å². The number of hydrogen-bond acceptors (Lipinski definition) is 3. The van der Waals surface area contributed by atoms with Gasteiger partial charge in [0.15, 0.2) is 0 Å². The zero-order chi connectivity index (χ0) is 8.27. The van der Waals surface area contributed by atoms with E-state index in [1.807, 2.05) is 7.05 Å². The molecule has 1 rings (SSSR count). The lowest BCUT2D eigenvalue weighted by atomic mass is 10.2. The molecular weight excluding hydrogens is 211 g/mol. The number of phenolic OH excluding ortho intramolecular Hbond substituents is 1. The molecule has 5 heteroatoms. The van der Waals surface area contributed by atoms with Crippen molar-refractivity contribution in [2.75, 3.05) is 12.8 Å². The Hall–Kier alpha value is -0.640. The van der Waals surface area contributed by atoms with Crippen molar-refractivity contribution in [2.24, 2.45) is 0 Å². The van der Waals surface area contributed by atoms with E-state index in [9.17, 15) is 5.11 Å². The summed E-state index contributed by atoms with van der Waals surface area (Å²) in [6.07, 6.45) is 0. The number of anilines is 1. The van der Waals surface area contributed by atoms with Crippen molar-refractivity contribution in [3.8, 4) is 5.75 Å². The van der Waals surface area contributed by atoms with Gasteiger partial charge in [-0.15, -0.1) is 24.8 Å². The summed E-state index contributed by atoms with van der Waals surface area (Å²) >= 11 is 0. The highest BCUT2D eigenvalue weighted by atomic mass is 35.5. The van der Waals surface area contributed by atoms with E-state index in [2.05, 4.69) is 5.32 Å². The molecule has 0 aromatic heterocycles. The molecule has 0 aliphatic carbocycles. The largest absolute Gasteiger partial charge is 0.508 e. The third-order valence-electron chi connectivity index (χ3n) is 1.47. The number of nitrogens with one attached hydrogen (secondary N) is 1. The molecular formula is C8H14Cl2N2O. The summed E-state index contributed by atoms with van der Waals surface area (Å²) in [5, 5.41) is 12.2. The number of aromatic hydroxyl groups is 1. The Kier molecular flexibility index (Phi) is 7.81. The minimum Gasteiger partial charge on any atom is -0.508 e. The molecule has 0 bridgehead atoms. The van der Waals surface area contributed by atoms with Crippen LogP contribution in [0.4, 0.5) is 5.69 Å². The maximum Gasteiger partial charge on any atom is 0.120 e. The van der Waals surface area contributed by atoms with E-state index in [4.69, 9.17) is 5.73 Å². The highest BCUT2D eigenvalue weighted by molar-refractivity contribution is 5.85. The van der Waals surface area contributed by atoms with Crippen LogP contribution in [0.1, 0.15) is 5.56 Å². The van der Waals surface area contributed by atoms with Gasteiger partial charge >= 0.3 is 0 Å². The Bertz CT molecular complexity index is 256. The van der Waals surface area contributed by atoms with Gasteiger partial charge in [0, 0.05) is 17.8 Å². The number of nitrogens with two attached hydrogens (primary N) is 1. The van der Waals surface area contributed by atoms with Crippen LogP contribution in [0, 0.1) is 0 Å². The average molecular weight is 225 g/mol. The molecule has 0 radical (unpaired) electrons. The van der Waals surface area contributed by atoms with Crippen molar-refractivity contribution >= 4 is 30.5 Å². The minimum absolute atomic E-state index is 0. The predicted molar refractivity (Wildman–Crippen MR) is 59.8 cm³/mol. The third-order valence-corrected chi connectivity index (χ3v) is 1.47. The molecule has 4 N–H and O–H groups in total. The molecule has 0 heterocycles. The van der Waals surface area contributed by atoms with E-state index in [0.29, 0.717) is 12.2 Å². The number of rotatable bonds is 2. The first-order valence-corrected chi connectivity index (χ1v) is 3.46. The van der Waals surface area contributed by atoms with E-state index >= 15 is 0 Å². The molecule has 0 saturated carbocycles. The van der Waals surface area contributed by atoms with Gasteiger partial charge in [-0.2, -0.15) is 0 Å². The van der Waals surface area contributed by atoms with Crippen LogP contribution in [0.25, 0.3) is 0 Å². The van der Waals surface area contributed by atoms with Gasteiger partial charge in [-0.1, -0.05) is 0 Å². The summed E-state index contributed by atoms with van der Waals surface area (Å²) < 4.78 is 0. The highest BCUT2D eigenvalue weighted by Crippen LogP contribution is 2.18. The van der Waals surface area contributed by atoms with Gasteiger partial charge in [-0.05, 0) is 25.2 Å². The number of nitrogen functional groups attached to an aromatic ring is 1. The van der Waals surface area contributed by atoms with Crippen LogP contribution >= 0.6 is 24.8 Å². The van der Waals surface area contributed by atoms with Crippen LogP contribution in [0.5, 0.6) is 5.75 Å². The fraction of sp³-hybridized carbons (Fsp3) is 0.250. The summed E-state index contributed by atoms with van der Waals surface area (Å²) in [5.74, 6) is 0.286. The van der Waals surface area contributed by atoms with Gasteiger partial charge in [0.05, 0.1) is 0 Å². The van der Waals surface area contributed by atoms with Crippen molar-refractivity contribution in [3.05, 3.63) is 23.8 Å². The molecule has 0 fully saturated rings. The van der Waals surface area contributed by atoms with Gasteiger partial charge in [0.2, 0.25) is 0 Å². The molecule has 13 heavy (non-hydrogen) atoms. The second-order valence-electron chi connectivity index (χ2n) is 2.42. The number of benzene rings is 1. The fourth-order valence-corrected chi connectivity index (χ4v) is 0.937. The number of halogens is 2. The van der Waals surface area contributed by atoms with Crippen molar-refractivity contribution in [1.82, 2.24) is 5.32 Å². The second-order valence-corrected chi connectivity index (χ2v) is 2.42. The van der Waals surface area contributed by atoms with E-state index in [1.165, 1.54) is 0 Å². The van der Waals surface area contributed by atoms with Crippen molar-refractivity contribution in [1.29, 1.82) is 0 Å². The first-order valence-electron chi connectivity index (χ1n) is 3.46. The van der Waals surface area contributed by atoms with Crippen LogP contribution in [0.3, 0.4) is 0 Å². The van der Waals surface area contributed by atoms with Crippen LogP contribution in [0.15, 0.2) is 18.2 Å². The van der Waals surface area contributed by atoms with Crippen molar-refractivity contribution in [3.63, 3.8) is 0 Å². The van der Waals surface area contributed by atoms with Gasteiger partial charge in [0.25, 0.3) is 0 Å². The van der Waals surface area contributed by atoms with E-state index < -0.39 is 0 Å². The Labute approximate surface area is 90.2 Å². The van der Waals surface area contributed by atoms with Crippen LogP contribution in [-0.4, -0.2) is 12.2 Å². The number of hydrogen-bond donors (Lipinski definition) is 3. The van der Waals surface area contributed by atoms with Gasteiger partial charge in [-0.3, -0.25) is 0 Å². The highest BCUT2D eigenvalue weighted by Gasteiger charge is 1.98. The van der Waals surface area contributed by atoms with E-state index in [1.54, 1.807) is 18.2 Å². The second kappa shape index (κ2) is 6.83. The van der Waals surface area contributed by atoms with Crippen molar-refractivity contribution in [2.45, 2.75) is 6.54 Å². The van der Waals surface area contributed by atoms with Crippen LogP contribution in [-0.2, 0) is 6.54 Å². The molecule has 0 atom stereocenters. The van der Waals surface area contributed by atoms with E-state index in [0.717, 1.165) is 5.56 Å². The van der Waals surface area contributed by atoms with E-state index in [-0.39, 0.29) is 30.6 Å². The lowest BCUT2D eigenvalue weighted by Crippen LogP contribution is -2.05. The Morgan fingerprint density at radius 3 is 2.54 bits per heavy atom. The monoisotopic (exact) mass is 224 g/mol. The maximum atomic E-state index is 9.27. The molecule has 1 aromatic rings. The lowest BCUT2D eigenvalue weighted by Gasteiger charge is -2.03. The maximum absolute atomic E-state index is 9.27. The summed E-state index contributed by atoms with van der Waals surface area (Å²) in [7, 11) is 1.82. The summed E-state index contributed by atoms with van der Waals surface area (Å²) in [5.41, 5.74) is 7.02. The first kappa shape index (κ1) is 14.9. The smallest absolute Gasteiger partial charge is 0.120 e. The molecule has 0 aliphatic rings. The molecule has 76 valence electrons. The Balaban J connectivity index is 0. The standard InChI is InChI=1S/C8H12N2O.2ClH/c1-10-5-6-4-7(9)2-3-8(6)11;;/h2-4,10-11H,5,9H2,1H3;2*1H. The molecule has 0 saturated heterocycles. The molecule has 0 unspecified atom stereocenters. The average Bonchev–Trinajstić information content (AvgIpc) is 1.98. The van der Waals surface area contributed by atoms with Gasteiger partial charge in [-0.25, -0.2) is 0 Å². The summed E-state index contributed by atoms with van der Waals surface area (Å²) in [6, 6.07) is 5.03. The van der Waals surface area contributed by atoms with Gasteiger partial charge < -0.3 is 16.2 Å². The van der Waals surface area contributed by atoms with Crippen LogP contribution < -0.4 is 11.1 Å². The quantitative estimate of drug-likeness (QED) is 0.528. The Morgan fingerprint density at radius 2 is 2.00 bits per heavy atom. The van der Waals surface area contributed by atoms with Crippen molar-refractivity contribution < 1.29 is 5.11 Å². The zero-order valence-electron chi connectivity index (χ0n) is 7.28. The molecule has 0 aliphatic heterocycles. The fourth-order valence-electron chi connectivity index (χ4n) is 0.937. The third kappa shape index (κ3) is 4.22. The molecule has 1 aromatic carbocycles. The SMILES string of the molecule is CNCc1cc(N)ccc1O.Cl.Cl. The molecule has 0 amide bonds. The first-order chi connectivity index (χ1) is 5.24. The minimum atomic E-state index is 0. The Morgan fingerprint density at radius 1 is 1.38 bits per heavy atom. The normalized spacial score (nSPS) is 8.38. The lowest BCUT2D eigenvalue weighted by molar-refractivity contribution is 0.466. The number of phenols is 1. The summed E-state index contributed by atoms with van der Waals surface area (Å²) in [6.45, 7) is 0.636. The van der Waals surface area contributed by atoms with Crippen LogP contribution in [0.2, 0.25) is 0 Å². The zero-order valence-corrected chi connectivity index (χ0v) is 8.91. The summed E-state index contributed by atoms with van der Waals surface area (Å²) in [4.78, 5) is 0. The molecule has 3 nitrogen and oxygen atoms in total. The molecule has 0 spiro atoms.